The van der Waals surface area contributed by atoms with E-state index in [1.165, 1.54) is 9.13 Å². The Morgan fingerprint density at radius 1 is 1.24 bits per heavy atom. The second-order valence-electron chi connectivity index (χ2n) is 3.26. The number of nitrogens with zero attached hydrogens (tertiary/aromatic N) is 2. The second kappa shape index (κ2) is 6.67. The van der Waals surface area contributed by atoms with Crippen molar-refractivity contribution in [1.29, 1.82) is 0 Å². The van der Waals surface area contributed by atoms with E-state index >= 15 is 0 Å². The van der Waals surface area contributed by atoms with Crippen molar-refractivity contribution in [3.8, 4) is 0 Å². The van der Waals surface area contributed by atoms with E-state index in [2.05, 4.69) is 6.33 Å². The average molecular weight is 240 g/mol. The molecule has 0 aliphatic rings. The minimum absolute atomic E-state index is 0.0870. The number of imidazole rings is 1. The molecular weight excluding hydrogens is 224 g/mol. The van der Waals surface area contributed by atoms with Crippen LogP contribution in [0.2, 0.25) is 0 Å². The summed E-state index contributed by atoms with van der Waals surface area (Å²) in [5.74, 6) is -0.662. The third-order valence-corrected chi connectivity index (χ3v) is 1.89. The molecule has 0 aromatic carbocycles. The van der Waals surface area contributed by atoms with Gasteiger partial charge < -0.3 is 18.6 Å². The van der Waals surface area contributed by atoms with Crippen LogP contribution in [0.25, 0.3) is 0 Å². The van der Waals surface area contributed by atoms with Crippen molar-refractivity contribution in [2.45, 2.75) is 26.9 Å². The minimum atomic E-state index is -0.331. The van der Waals surface area contributed by atoms with Crippen LogP contribution in [0.15, 0.2) is 12.4 Å². The van der Waals surface area contributed by atoms with Gasteiger partial charge in [0.1, 0.15) is 0 Å². The molecule has 94 valence electrons. The van der Waals surface area contributed by atoms with Gasteiger partial charge in [-0.2, -0.15) is 0 Å². The Morgan fingerprint density at radius 2 is 1.88 bits per heavy atom. The van der Waals surface area contributed by atoms with Gasteiger partial charge in [-0.25, -0.2) is 9.59 Å². The lowest BCUT2D eigenvalue weighted by atomic mass is 10.6. The van der Waals surface area contributed by atoms with Gasteiger partial charge in [-0.3, -0.25) is 0 Å². The monoisotopic (exact) mass is 240 g/mol. The molecule has 0 atom stereocenters. The third kappa shape index (κ3) is 4.67. The maximum atomic E-state index is 11.2. The zero-order valence-electron chi connectivity index (χ0n) is 10.0. The van der Waals surface area contributed by atoms with Gasteiger partial charge in [0.2, 0.25) is 6.33 Å². The largest absolute Gasteiger partial charge is 0.463 e. The highest BCUT2D eigenvalue weighted by Crippen LogP contribution is 1.88. The number of carbonyl (C=O) groups is 2. The standard InChI is InChI=1S/C11H16N2O4/c1-3-16-10(14)7-12-5-6-13(9-12)8-11(15)17-4-2/h5-6H,3-4,7-8H2,1-2H3. The average Bonchev–Trinajstić information content (AvgIpc) is 2.66. The molecule has 1 rings (SSSR count). The van der Waals surface area contributed by atoms with Crippen LogP contribution in [0.1, 0.15) is 13.8 Å². The molecule has 0 aliphatic carbocycles. The quantitative estimate of drug-likeness (QED) is 0.389. The number of aromatic nitrogens is 2. The number of hydrogen-bond acceptors (Lipinski definition) is 4. The predicted octanol–water partition coefficient (Wildman–Crippen LogP) is -0.298. The number of rotatable bonds is 6. The van der Waals surface area contributed by atoms with Crippen molar-refractivity contribution in [2.75, 3.05) is 13.2 Å². The summed E-state index contributed by atoms with van der Waals surface area (Å²) in [5.41, 5.74) is 0. The molecule has 0 fully saturated rings. The maximum Gasteiger partial charge on any atom is 0.346 e. The summed E-state index contributed by atoms with van der Waals surface area (Å²) in [6, 6.07) is 0. The van der Waals surface area contributed by atoms with Crippen molar-refractivity contribution in [3.63, 3.8) is 0 Å². The smallest absolute Gasteiger partial charge is 0.346 e. The molecule has 1 aromatic rings. The van der Waals surface area contributed by atoms with Crippen LogP contribution in [0, 0.1) is 6.33 Å². The topological polar surface area (TPSA) is 61.4 Å². The lowest BCUT2D eigenvalue weighted by Crippen LogP contribution is -2.37. The first-order valence-electron chi connectivity index (χ1n) is 5.44. The molecule has 17 heavy (non-hydrogen) atoms. The van der Waals surface area contributed by atoms with E-state index in [-0.39, 0.29) is 25.0 Å². The summed E-state index contributed by atoms with van der Waals surface area (Å²) in [5, 5.41) is 0. The molecule has 0 aliphatic heterocycles. The van der Waals surface area contributed by atoms with E-state index in [9.17, 15) is 9.59 Å². The summed E-state index contributed by atoms with van der Waals surface area (Å²) >= 11 is 0. The molecule has 0 unspecified atom stereocenters. The van der Waals surface area contributed by atoms with Crippen molar-refractivity contribution in [3.05, 3.63) is 18.7 Å². The van der Waals surface area contributed by atoms with Gasteiger partial charge in [0, 0.05) is 0 Å². The first-order chi connectivity index (χ1) is 8.15. The van der Waals surface area contributed by atoms with E-state index in [1.54, 1.807) is 26.2 Å². The molecule has 6 heteroatoms. The Labute approximate surface area is 99.7 Å². The highest BCUT2D eigenvalue weighted by molar-refractivity contribution is 5.69. The van der Waals surface area contributed by atoms with Gasteiger partial charge in [0.15, 0.2) is 13.1 Å². The SMILES string of the molecule is CCOC(=O)Cn1[c-][n+](CC(=O)OCC)cc1. The lowest BCUT2D eigenvalue weighted by Gasteiger charge is -2.02. The molecule has 0 saturated heterocycles. The van der Waals surface area contributed by atoms with E-state index in [4.69, 9.17) is 9.47 Å². The Morgan fingerprint density at radius 3 is 2.53 bits per heavy atom. The molecule has 0 radical (unpaired) electrons. The Bertz CT molecular complexity index is 352. The number of hydrogen-bond donors (Lipinski definition) is 0. The van der Waals surface area contributed by atoms with Gasteiger partial charge in [0.05, 0.1) is 13.2 Å². The van der Waals surface area contributed by atoms with Crippen LogP contribution in [-0.2, 0) is 32.2 Å². The van der Waals surface area contributed by atoms with Gasteiger partial charge in [-0.1, -0.05) is 0 Å². The van der Waals surface area contributed by atoms with E-state index in [0.717, 1.165) is 0 Å². The highest BCUT2D eigenvalue weighted by Gasteiger charge is 2.07. The highest BCUT2D eigenvalue weighted by atomic mass is 16.5. The van der Waals surface area contributed by atoms with Crippen LogP contribution in [0.4, 0.5) is 0 Å². The summed E-state index contributed by atoms with van der Waals surface area (Å²) in [6.45, 7) is 4.37. The van der Waals surface area contributed by atoms with Crippen molar-refractivity contribution >= 4 is 11.9 Å². The fourth-order valence-corrected chi connectivity index (χ4v) is 1.26. The number of esters is 2. The zero-order chi connectivity index (χ0) is 12.7. The summed E-state index contributed by atoms with van der Waals surface area (Å²) in [4.78, 5) is 22.4. The first kappa shape index (κ1) is 13.2. The molecular formula is C11H16N2O4. The molecule has 0 amide bonds. The molecule has 1 aromatic heterocycles. The van der Waals surface area contributed by atoms with E-state index < -0.39 is 0 Å². The van der Waals surface area contributed by atoms with Crippen LogP contribution in [0.3, 0.4) is 0 Å². The summed E-state index contributed by atoms with van der Waals surface area (Å²) < 4.78 is 12.6. The second-order valence-corrected chi connectivity index (χ2v) is 3.26. The normalized spacial score (nSPS) is 10.0. The Hall–Kier alpha value is -1.85. The Kier molecular flexibility index (Phi) is 5.19. The molecule has 6 nitrogen and oxygen atoms in total. The van der Waals surface area contributed by atoms with Crippen LogP contribution >= 0.6 is 0 Å². The first-order valence-corrected chi connectivity index (χ1v) is 5.44. The van der Waals surface area contributed by atoms with Crippen LogP contribution in [-0.4, -0.2) is 29.7 Å². The van der Waals surface area contributed by atoms with E-state index in [1.807, 2.05) is 0 Å². The van der Waals surface area contributed by atoms with Crippen molar-refractivity contribution in [1.82, 2.24) is 4.57 Å². The summed E-state index contributed by atoms with van der Waals surface area (Å²) in [6.07, 6.45) is 6.12. The van der Waals surface area contributed by atoms with Crippen LogP contribution in [0.5, 0.6) is 0 Å². The van der Waals surface area contributed by atoms with Crippen molar-refractivity contribution < 1.29 is 23.6 Å². The van der Waals surface area contributed by atoms with E-state index in [0.29, 0.717) is 13.2 Å². The number of carbonyl (C=O) groups excluding carboxylic acids is 2. The fourth-order valence-electron chi connectivity index (χ4n) is 1.26. The maximum absolute atomic E-state index is 11.2. The van der Waals surface area contributed by atoms with Gasteiger partial charge in [-0.05, 0) is 26.2 Å². The number of ether oxygens (including phenoxy) is 2. The van der Waals surface area contributed by atoms with Gasteiger partial charge in [-0.15, -0.1) is 0 Å². The van der Waals surface area contributed by atoms with Gasteiger partial charge >= 0.3 is 11.9 Å². The fraction of sp³-hybridized carbons (Fsp3) is 0.545. The van der Waals surface area contributed by atoms with Crippen LogP contribution < -0.4 is 4.57 Å². The minimum Gasteiger partial charge on any atom is -0.463 e. The molecule has 0 N–H and O–H groups in total. The van der Waals surface area contributed by atoms with Gasteiger partial charge in [0.25, 0.3) is 0 Å². The summed E-state index contributed by atoms with van der Waals surface area (Å²) in [7, 11) is 0. The molecule has 0 saturated carbocycles. The molecule has 0 bridgehead atoms. The van der Waals surface area contributed by atoms with Crippen molar-refractivity contribution in [2.24, 2.45) is 0 Å². The predicted molar refractivity (Wildman–Crippen MR) is 56.7 cm³/mol. The lowest BCUT2D eigenvalue weighted by molar-refractivity contribution is -0.689. The zero-order valence-corrected chi connectivity index (χ0v) is 10.0. The Balaban J connectivity index is 2.47. The molecule has 1 heterocycles. The molecule has 0 spiro atoms. The third-order valence-electron chi connectivity index (χ3n) is 1.89.